The molecule has 0 radical (unpaired) electrons. The smallest absolute Gasteiger partial charge is 0.310 e. The Morgan fingerprint density at radius 2 is 1.62 bits per heavy atom. The number of hydrogen-bond acceptors (Lipinski definition) is 6. The summed E-state index contributed by atoms with van der Waals surface area (Å²) in [5.41, 5.74) is 2.67. The van der Waals surface area contributed by atoms with Gasteiger partial charge in [-0.25, -0.2) is 0 Å². The van der Waals surface area contributed by atoms with E-state index in [0.717, 1.165) is 11.1 Å². The topological polar surface area (TPSA) is 114 Å². The zero-order valence-electron chi connectivity index (χ0n) is 22.5. The number of cyclic esters (lactones) is 1. The highest BCUT2D eigenvalue weighted by Gasteiger charge is 2.37. The van der Waals surface area contributed by atoms with Gasteiger partial charge in [0.15, 0.2) is 0 Å². The van der Waals surface area contributed by atoms with Gasteiger partial charge >= 0.3 is 5.97 Å². The maximum atomic E-state index is 13.8. The third-order valence-electron chi connectivity index (χ3n) is 6.59. The van der Waals surface area contributed by atoms with E-state index in [-0.39, 0.29) is 25.5 Å². The SMILES string of the molecule is CCC(NC(=O)c1ccccc1)C(=O)N(CC(=O)NC1CC(=O)OC1OCc1ccccc1)c1ccccc1C. The number of aryl methyl sites for hydroxylation is 1. The lowest BCUT2D eigenvalue weighted by atomic mass is 10.1. The highest BCUT2D eigenvalue weighted by Crippen LogP contribution is 2.22. The van der Waals surface area contributed by atoms with Crippen molar-refractivity contribution < 1.29 is 28.7 Å². The Morgan fingerprint density at radius 1 is 0.975 bits per heavy atom. The quantitative estimate of drug-likeness (QED) is 0.358. The Morgan fingerprint density at radius 3 is 2.30 bits per heavy atom. The van der Waals surface area contributed by atoms with Crippen LogP contribution in [0.4, 0.5) is 5.69 Å². The lowest BCUT2D eigenvalue weighted by Crippen LogP contribution is -2.53. The summed E-state index contributed by atoms with van der Waals surface area (Å²) in [6.07, 6.45) is -0.677. The van der Waals surface area contributed by atoms with Gasteiger partial charge in [-0.15, -0.1) is 0 Å². The average molecular weight is 544 g/mol. The van der Waals surface area contributed by atoms with Crippen molar-refractivity contribution in [1.29, 1.82) is 0 Å². The first-order chi connectivity index (χ1) is 19.4. The highest BCUT2D eigenvalue weighted by atomic mass is 16.7. The van der Waals surface area contributed by atoms with Gasteiger partial charge in [-0.3, -0.25) is 19.2 Å². The van der Waals surface area contributed by atoms with Gasteiger partial charge in [-0.05, 0) is 42.7 Å². The Hall–Kier alpha value is -4.50. The van der Waals surface area contributed by atoms with Crippen molar-refractivity contribution in [3.63, 3.8) is 0 Å². The summed E-state index contributed by atoms with van der Waals surface area (Å²) < 4.78 is 11.1. The van der Waals surface area contributed by atoms with Gasteiger partial charge in [0, 0.05) is 11.3 Å². The molecule has 3 aromatic rings. The predicted molar refractivity (Wildman–Crippen MR) is 149 cm³/mol. The second-order valence-corrected chi connectivity index (χ2v) is 9.54. The molecule has 3 unspecified atom stereocenters. The van der Waals surface area contributed by atoms with E-state index in [0.29, 0.717) is 17.7 Å². The van der Waals surface area contributed by atoms with Gasteiger partial charge in [0.2, 0.25) is 18.1 Å². The van der Waals surface area contributed by atoms with Gasteiger partial charge in [0.25, 0.3) is 5.91 Å². The number of benzene rings is 3. The lowest BCUT2D eigenvalue weighted by Gasteiger charge is -2.29. The van der Waals surface area contributed by atoms with Gasteiger partial charge in [0.05, 0.1) is 13.0 Å². The van der Waals surface area contributed by atoms with Crippen molar-refractivity contribution in [3.05, 3.63) is 102 Å². The average Bonchev–Trinajstić information content (AvgIpc) is 3.32. The van der Waals surface area contributed by atoms with Crippen LogP contribution in [0.15, 0.2) is 84.9 Å². The number of ether oxygens (including phenoxy) is 2. The molecule has 3 aromatic carbocycles. The Bertz CT molecular complexity index is 1330. The zero-order chi connectivity index (χ0) is 28.5. The van der Waals surface area contributed by atoms with Crippen molar-refractivity contribution in [1.82, 2.24) is 10.6 Å². The summed E-state index contributed by atoms with van der Waals surface area (Å²) in [5.74, 6) is -1.77. The number of carbonyl (C=O) groups is 4. The Labute approximate surface area is 233 Å². The second kappa shape index (κ2) is 13.5. The standard InChI is InChI=1S/C31H33N3O6/c1-3-24(33-29(37)23-15-8-5-9-16-23)30(38)34(26-17-11-10-12-21(26)2)19-27(35)32-25-18-28(36)40-31(25)39-20-22-13-6-4-7-14-22/h4-17,24-25,31H,3,18-20H2,1-2H3,(H,32,35)(H,33,37). The van der Waals surface area contributed by atoms with Crippen LogP contribution < -0.4 is 15.5 Å². The summed E-state index contributed by atoms with van der Waals surface area (Å²) in [5, 5.41) is 5.60. The number of amides is 3. The molecule has 9 heteroatoms. The van der Waals surface area contributed by atoms with Crippen molar-refractivity contribution in [2.75, 3.05) is 11.4 Å². The summed E-state index contributed by atoms with van der Waals surface area (Å²) >= 11 is 0. The number of carbonyl (C=O) groups excluding carboxylic acids is 4. The molecule has 40 heavy (non-hydrogen) atoms. The van der Waals surface area contributed by atoms with E-state index in [4.69, 9.17) is 9.47 Å². The summed E-state index contributed by atoms with van der Waals surface area (Å²) in [4.78, 5) is 53.2. The van der Waals surface area contributed by atoms with Crippen molar-refractivity contribution in [2.24, 2.45) is 0 Å². The number of nitrogens with zero attached hydrogens (tertiary/aromatic N) is 1. The number of hydrogen-bond donors (Lipinski definition) is 2. The summed E-state index contributed by atoms with van der Waals surface area (Å²) in [7, 11) is 0. The minimum absolute atomic E-state index is 0.0474. The van der Waals surface area contributed by atoms with Crippen molar-refractivity contribution in [2.45, 2.75) is 51.7 Å². The Balaban J connectivity index is 1.47. The molecule has 0 bridgehead atoms. The van der Waals surface area contributed by atoms with Gasteiger partial charge in [-0.2, -0.15) is 0 Å². The number of anilines is 1. The largest absolute Gasteiger partial charge is 0.433 e. The fourth-order valence-electron chi connectivity index (χ4n) is 4.46. The Kier molecular flexibility index (Phi) is 9.64. The molecule has 3 atom stereocenters. The molecule has 1 aliphatic rings. The van der Waals surface area contributed by atoms with Crippen LogP contribution in [-0.4, -0.2) is 48.6 Å². The van der Waals surface area contributed by atoms with Crippen molar-refractivity contribution >= 4 is 29.4 Å². The minimum atomic E-state index is -0.951. The van der Waals surface area contributed by atoms with Crippen LogP contribution >= 0.6 is 0 Å². The van der Waals surface area contributed by atoms with E-state index >= 15 is 0 Å². The van der Waals surface area contributed by atoms with Crippen LogP contribution in [0.1, 0.15) is 41.3 Å². The van der Waals surface area contributed by atoms with E-state index in [1.165, 1.54) is 4.90 Å². The fraction of sp³-hybridized carbons (Fsp3) is 0.290. The molecule has 208 valence electrons. The first-order valence-electron chi connectivity index (χ1n) is 13.2. The monoisotopic (exact) mass is 543 g/mol. The van der Waals surface area contributed by atoms with Gasteiger partial charge < -0.3 is 25.0 Å². The number of rotatable bonds is 11. The van der Waals surface area contributed by atoms with E-state index in [1.54, 1.807) is 49.4 Å². The molecule has 1 aliphatic heterocycles. The molecule has 0 aliphatic carbocycles. The molecule has 1 fully saturated rings. The van der Waals surface area contributed by atoms with Gasteiger partial charge in [-0.1, -0.05) is 73.7 Å². The maximum Gasteiger partial charge on any atom is 0.310 e. The fourth-order valence-corrected chi connectivity index (χ4v) is 4.46. The van der Waals surface area contributed by atoms with Gasteiger partial charge in [0.1, 0.15) is 18.6 Å². The highest BCUT2D eigenvalue weighted by molar-refractivity contribution is 6.05. The molecule has 4 rings (SSSR count). The van der Waals surface area contributed by atoms with Crippen LogP contribution in [0.5, 0.6) is 0 Å². The van der Waals surface area contributed by atoms with Crippen LogP contribution in [0.25, 0.3) is 0 Å². The molecule has 1 saturated heterocycles. The van der Waals surface area contributed by atoms with Crippen LogP contribution in [0.3, 0.4) is 0 Å². The van der Waals surface area contributed by atoms with Crippen LogP contribution in [-0.2, 0) is 30.5 Å². The lowest BCUT2D eigenvalue weighted by molar-refractivity contribution is -0.168. The normalized spacial score (nSPS) is 17.0. The summed E-state index contributed by atoms with van der Waals surface area (Å²) in [6.45, 7) is 3.52. The third-order valence-corrected chi connectivity index (χ3v) is 6.59. The molecule has 0 saturated carbocycles. The molecular formula is C31H33N3O6. The number of para-hydroxylation sites is 1. The molecule has 9 nitrogen and oxygen atoms in total. The first-order valence-corrected chi connectivity index (χ1v) is 13.2. The molecule has 3 amide bonds. The predicted octanol–water partition coefficient (Wildman–Crippen LogP) is 3.51. The summed E-state index contributed by atoms with van der Waals surface area (Å²) in [6, 6.07) is 23.7. The van der Waals surface area contributed by atoms with Crippen LogP contribution in [0, 0.1) is 6.92 Å². The third kappa shape index (κ3) is 7.33. The zero-order valence-corrected chi connectivity index (χ0v) is 22.5. The number of nitrogens with one attached hydrogen (secondary N) is 2. The second-order valence-electron chi connectivity index (χ2n) is 9.54. The minimum Gasteiger partial charge on any atom is -0.433 e. The molecule has 0 spiro atoms. The van der Waals surface area contributed by atoms with E-state index in [9.17, 15) is 19.2 Å². The molecule has 0 aromatic heterocycles. The number of esters is 1. The maximum absolute atomic E-state index is 13.8. The van der Waals surface area contributed by atoms with E-state index in [1.807, 2.05) is 49.4 Å². The van der Waals surface area contributed by atoms with Crippen LogP contribution in [0.2, 0.25) is 0 Å². The first kappa shape index (κ1) is 28.5. The van der Waals surface area contributed by atoms with E-state index < -0.39 is 36.2 Å². The molecule has 1 heterocycles. The molecular weight excluding hydrogens is 510 g/mol. The molecule has 2 N–H and O–H groups in total. The van der Waals surface area contributed by atoms with E-state index in [2.05, 4.69) is 10.6 Å². The van der Waals surface area contributed by atoms with Crippen molar-refractivity contribution in [3.8, 4) is 0 Å².